The average Bonchev–Trinajstić information content (AvgIpc) is 2.69. The van der Waals surface area contributed by atoms with Crippen LogP contribution in [0, 0.1) is 12.3 Å². The minimum absolute atomic E-state index is 0.0399. The van der Waals surface area contributed by atoms with Crippen LogP contribution in [0.1, 0.15) is 16.9 Å². The summed E-state index contributed by atoms with van der Waals surface area (Å²) in [5.74, 6) is 0.565. The summed E-state index contributed by atoms with van der Waals surface area (Å²) in [6.07, 6.45) is 6.52. The maximum Gasteiger partial charge on any atom is 0.327 e. The molecule has 1 aromatic rings. The zero-order valence-electron chi connectivity index (χ0n) is 7.86. The lowest BCUT2D eigenvalue weighted by molar-refractivity contribution is -0.139. The Morgan fingerprint density at radius 2 is 2.40 bits per heavy atom. The molecule has 0 spiro atoms. The van der Waals surface area contributed by atoms with Gasteiger partial charge in [-0.2, -0.15) is 0 Å². The number of H-pyrrole nitrogens is 1. The Kier molecular flexibility index (Phi) is 3.52. The molecule has 0 aliphatic heterocycles. The van der Waals surface area contributed by atoms with Gasteiger partial charge in [0.15, 0.2) is 0 Å². The first-order valence-electron chi connectivity index (χ1n) is 4.25. The molecule has 0 aliphatic rings. The quantitative estimate of drug-likeness (QED) is 0.616. The van der Waals surface area contributed by atoms with Crippen LogP contribution in [0.4, 0.5) is 0 Å². The lowest BCUT2D eigenvalue weighted by Crippen LogP contribution is -2.40. The van der Waals surface area contributed by atoms with Gasteiger partial charge in [-0.25, -0.2) is 4.79 Å². The van der Waals surface area contributed by atoms with E-state index in [1.54, 1.807) is 18.3 Å². The molecule has 1 unspecified atom stereocenters. The number of aliphatic carboxylic acids is 1. The van der Waals surface area contributed by atoms with Crippen molar-refractivity contribution in [2.24, 2.45) is 0 Å². The second kappa shape index (κ2) is 4.86. The van der Waals surface area contributed by atoms with Crippen LogP contribution in [0.2, 0.25) is 0 Å². The van der Waals surface area contributed by atoms with E-state index in [-0.39, 0.29) is 6.42 Å². The fourth-order valence-corrected chi connectivity index (χ4v) is 1.03. The van der Waals surface area contributed by atoms with Crippen LogP contribution < -0.4 is 5.32 Å². The minimum Gasteiger partial charge on any atom is -0.480 e. The Morgan fingerprint density at radius 1 is 1.67 bits per heavy atom. The Balaban J connectivity index is 2.64. The molecule has 0 saturated heterocycles. The van der Waals surface area contributed by atoms with E-state index in [4.69, 9.17) is 11.5 Å². The third-order valence-corrected chi connectivity index (χ3v) is 1.77. The van der Waals surface area contributed by atoms with Crippen molar-refractivity contribution in [3.05, 3.63) is 24.0 Å². The summed E-state index contributed by atoms with van der Waals surface area (Å²) in [5, 5.41) is 11.0. The predicted molar refractivity (Wildman–Crippen MR) is 53.1 cm³/mol. The molecular formula is C10H10N2O3. The monoisotopic (exact) mass is 206 g/mol. The standard InChI is InChI=1S/C10H10N2O3/c1-2-4-8(10(14)15)12-9(13)7-5-3-6-11-7/h1,3,5-6,8,11H,4H2,(H,12,13)(H,14,15). The van der Waals surface area contributed by atoms with Gasteiger partial charge in [0.2, 0.25) is 0 Å². The highest BCUT2D eigenvalue weighted by Crippen LogP contribution is 1.97. The SMILES string of the molecule is C#CCC(NC(=O)c1ccc[nH]1)C(=O)O. The highest BCUT2D eigenvalue weighted by molar-refractivity contribution is 5.95. The van der Waals surface area contributed by atoms with Gasteiger partial charge >= 0.3 is 5.97 Å². The molecule has 0 aromatic carbocycles. The average molecular weight is 206 g/mol. The van der Waals surface area contributed by atoms with Gasteiger partial charge in [-0.3, -0.25) is 4.79 Å². The van der Waals surface area contributed by atoms with E-state index in [1.165, 1.54) is 0 Å². The van der Waals surface area contributed by atoms with E-state index >= 15 is 0 Å². The molecular weight excluding hydrogens is 196 g/mol. The molecule has 0 fully saturated rings. The molecule has 0 aliphatic carbocycles. The smallest absolute Gasteiger partial charge is 0.327 e. The number of carbonyl (C=O) groups excluding carboxylic acids is 1. The van der Waals surface area contributed by atoms with Crippen molar-refractivity contribution in [1.29, 1.82) is 0 Å². The van der Waals surface area contributed by atoms with Gasteiger partial charge in [-0.1, -0.05) is 0 Å². The zero-order chi connectivity index (χ0) is 11.3. The van der Waals surface area contributed by atoms with Crippen LogP contribution in [0.15, 0.2) is 18.3 Å². The maximum atomic E-state index is 11.4. The number of aromatic amines is 1. The van der Waals surface area contributed by atoms with Crippen LogP contribution in [0.5, 0.6) is 0 Å². The number of rotatable bonds is 4. The third kappa shape index (κ3) is 2.88. The Bertz CT molecular complexity index is 389. The predicted octanol–water partition coefficient (Wildman–Crippen LogP) is 0.221. The number of carboxylic acid groups (broad SMARTS) is 1. The van der Waals surface area contributed by atoms with E-state index in [9.17, 15) is 9.59 Å². The zero-order valence-corrected chi connectivity index (χ0v) is 7.86. The number of hydrogen-bond donors (Lipinski definition) is 3. The number of terminal acetylenes is 1. The van der Waals surface area contributed by atoms with Crippen LogP contribution in [-0.2, 0) is 4.79 Å². The Labute approximate surface area is 86.5 Å². The molecule has 15 heavy (non-hydrogen) atoms. The maximum absolute atomic E-state index is 11.4. The summed E-state index contributed by atoms with van der Waals surface area (Å²) in [4.78, 5) is 24.8. The number of carboxylic acids is 1. The summed E-state index contributed by atoms with van der Waals surface area (Å²) in [7, 11) is 0. The first kappa shape index (κ1) is 10.9. The number of aromatic nitrogens is 1. The van der Waals surface area contributed by atoms with E-state index < -0.39 is 17.9 Å². The molecule has 0 radical (unpaired) electrons. The summed E-state index contributed by atoms with van der Waals surface area (Å²) in [5.41, 5.74) is 0.304. The topological polar surface area (TPSA) is 82.2 Å². The molecule has 0 saturated carbocycles. The van der Waals surface area contributed by atoms with Gasteiger partial charge in [0.05, 0.1) is 0 Å². The van der Waals surface area contributed by atoms with E-state index in [2.05, 4.69) is 16.2 Å². The lowest BCUT2D eigenvalue weighted by atomic mass is 10.2. The minimum atomic E-state index is -1.15. The summed E-state index contributed by atoms with van der Waals surface area (Å²) >= 11 is 0. The van der Waals surface area contributed by atoms with Crippen molar-refractivity contribution in [3.63, 3.8) is 0 Å². The number of amides is 1. The Hall–Kier alpha value is -2.22. The molecule has 1 amide bonds. The molecule has 1 aromatic heterocycles. The van der Waals surface area contributed by atoms with Gasteiger partial charge in [0, 0.05) is 12.6 Å². The highest BCUT2D eigenvalue weighted by atomic mass is 16.4. The summed E-state index contributed by atoms with van der Waals surface area (Å²) in [6, 6.07) is 2.14. The third-order valence-electron chi connectivity index (χ3n) is 1.77. The molecule has 1 rings (SSSR count). The van der Waals surface area contributed by atoms with E-state index in [0.717, 1.165) is 0 Å². The van der Waals surface area contributed by atoms with Crippen LogP contribution in [0.25, 0.3) is 0 Å². The summed E-state index contributed by atoms with van der Waals surface area (Å²) < 4.78 is 0. The van der Waals surface area contributed by atoms with Gasteiger partial charge in [-0.15, -0.1) is 12.3 Å². The van der Waals surface area contributed by atoms with Crippen molar-refractivity contribution < 1.29 is 14.7 Å². The lowest BCUT2D eigenvalue weighted by Gasteiger charge is -2.10. The first-order valence-corrected chi connectivity index (χ1v) is 4.25. The molecule has 1 atom stereocenters. The van der Waals surface area contributed by atoms with Crippen LogP contribution in [-0.4, -0.2) is 28.0 Å². The largest absolute Gasteiger partial charge is 0.480 e. The molecule has 3 N–H and O–H groups in total. The van der Waals surface area contributed by atoms with E-state index in [1.807, 2.05) is 0 Å². The van der Waals surface area contributed by atoms with Crippen molar-refractivity contribution in [2.45, 2.75) is 12.5 Å². The molecule has 5 nitrogen and oxygen atoms in total. The molecule has 0 bridgehead atoms. The normalized spacial score (nSPS) is 11.4. The van der Waals surface area contributed by atoms with Crippen LogP contribution in [0.3, 0.4) is 0 Å². The van der Waals surface area contributed by atoms with Crippen molar-refractivity contribution in [3.8, 4) is 12.3 Å². The Morgan fingerprint density at radius 3 is 2.87 bits per heavy atom. The van der Waals surface area contributed by atoms with Gasteiger partial charge < -0.3 is 15.4 Å². The fourth-order valence-electron chi connectivity index (χ4n) is 1.03. The fraction of sp³-hybridized carbons (Fsp3) is 0.200. The first-order chi connectivity index (χ1) is 7.15. The van der Waals surface area contributed by atoms with Crippen molar-refractivity contribution in [1.82, 2.24) is 10.3 Å². The molecule has 1 heterocycles. The van der Waals surface area contributed by atoms with E-state index in [0.29, 0.717) is 5.69 Å². The van der Waals surface area contributed by atoms with Gasteiger partial charge in [0.1, 0.15) is 11.7 Å². The van der Waals surface area contributed by atoms with Crippen molar-refractivity contribution >= 4 is 11.9 Å². The number of carbonyl (C=O) groups is 2. The van der Waals surface area contributed by atoms with Crippen molar-refractivity contribution in [2.75, 3.05) is 0 Å². The highest BCUT2D eigenvalue weighted by Gasteiger charge is 2.19. The second-order valence-electron chi connectivity index (χ2n) is 2.86. The number of hydrogen-bond acceptors (Lipinski definition) is 2. The van der Waals surface area contributed by atoms with Gasteiger partial charge in [-0.05, 0) is 12.1 Å². The molecule has 78 valence electrons. The summed E-state index contributed by atoms with van der Waals surface area (Å²) in [6.45, 7) is 0. The van der Waals surface area contributed by atoms with Gasteiger partial charge in [0.25, 0.3) is 5.91 Å². The molecule has 5 heteroatoms. The second-order valence-corrected chi connectivity index (χ2v) is 2.86. The van der Waals surface area contributed by atoms with Crippen LogP contribution >= 0.6 is 0 Å². The number of nitrogens with one attached hydrogen (secondary N) is 2.